The summed E-state index contributed by atoms with van der Waals surface area (Å²) in [6.45, 7) is 1.93. The van der Waals surface area contributed by atoms with Crippen LogP contribution in [0.15, 0.2) is 18.5 Å². The van der Waals surface area contributed by atoms with Gasteiger partial charge in [-0.05, 0) is 18.6 Å². The number of aromatic nitrogens is 3. The Morgan fingerprint density at radius 3 is 3.08 bits per heavy atom. The first kappa shape index (κ1) is 7.24. The molecule has 62 valence electrons. The summed E-state index contributed by atoms with van der Waals surface area (Å²) in [6, 6.07) is 2.02. The van der Waals surface area contributed by atoms with E-state index >= 15 is 0 Å². The van der Waals surface area contributed by atoms with Crippen LogP contribution in [0.1, 0.15) is 18.5 Å². The van der Waals surface area contributed by atoms with Crippen molar-refractivity contribution >= 4 is 11.0 Å². The highest BCUT2D eigenvalue weighted by Gasteiger charge is 2.02. The van der Waals surface area contributed by atoms with Crippen molar-refractivity contribution < 1.29 is 0 Å². The third-order valence-corrected chi connectivity index (χ3v) is 1.84. The molecule has 4 heteroatoms. The second-order valence-corrected chi connectivity index (χ2v) is 2.87. The Bertz CT molecular complexity index is 391. The summed E-state index contributed by atoms with van der Waals surface area (Å²) in [7, 11) is 0. The number of nitrogens with zero attached hydrogens (tertiary/aromatic N) is 2. The van der Waals surface area contributed by atoms with Crippen LogP contribution in [-0.4, -0.2) is 15.2 Å². The first-order valence-corrected chi connectivity index (χ1v) is 3.82. The summed E-state index contributed by atoms with van der Waals surface area (Å²) in [6.07, 6.45) is 3.51. The molecule has 0 saturated heterocycles. The molecule has 0 radical (unpaired) electrons. The molecule has 0 aliphatic heterocycles. The van der Waals surface area contributed by atoms with Crippen LogP contribution in [0.25, 0.3) is 11.0 Å². The molecule has 2 heterocycles. The standard InChI is InChI=1S/C8H10N4/c1-5(9)6-2-7-4-11-12-8(7)10-3-6/h2-5H,9H2,1H3,(H,10,11,12)/t5-/m1/s1. The predicted octanol–water partition coefficient (Wildman–Crippen LogP) is 0.978. The summed E-state index contributed by atoms with van der Waals surface area (Å²) in [5, 5.41) is 7.66. The highest BCUT2D eigenvalue weighted by atomic mass is 15.1. The molecule has 2 aromatic heterocycles. The molecule has 0 unspecified atom stereocenters. The topological polar surface area (TPSA) is 67.6 Å². The molecule has 2 aromatic rings. The molecule has 0 fully saturated rings. The number of fused-ring (bicyclic) bond motifs is 1. The van der Waals surface area contributed by atoms with Crippen LogP contribution in [0, 0.1) is 0 Å². The van der Waals surface area contributed by atoms with Gasteiger partial charge in [0.15, 0.2) is 5.65 Å². The number of pyridine rings is 1. The van der Waals surface area contributed by atoms with Crippen LogP contribution in [0.2, 0.25) is 0 Å². The quantitative estimate of drug-likeness (QED) is 0.656. The van der Waals surface area contributed by atoms with Gasteiger partial charge in [0.2, 0.25) is 0 Å². The van der Waals surface area contributed by atoms with E-state index in [9.17, 15) is 0 Å². The second kappa shape index (κ2) is 2.57. The zero-order valence-corrected chi connectivity index (χ0v) is 6.78. The molecule has 3 N–H and O–H groups in total. The summed E-state index contributed by atoms with van der Waals surface area (Å²) in [5.41, 5.74) is 7.54. The van der Waals surface area contributed by atoms with Crippen LogP contribution in [0.3, 0.4) is 0 Å². The monoisotopic (exact) mass is 162 g/mol. The summed E-state index contributed by atoms with van der Waals surface area (Å²) in [4.78, 5) is 4.16. The molecule has 12 heavy (non-hydrogen) atoms. The van der Waals surface area contributed by atoms with E-state index in [1.54, 1.807) is 12.4 Å². The molecule has 0 aliphatic rings. The number of H-pyrrole nitrogens is 1. The van der Waals surface area contributed by atoms with Crippen molar-refractivity contribution in [3.63, 3.8) is 0 Å². The number of aromatic amines is 1. The minimum Gasteiger partial charge on any atom is -0.324 e. The minimum atomic E-state index is 0.0248. The van der Waals surface area contributed by atoms with E-state index in [-0.39, 0.29) is 6.04 Å². The lowest BCUT2D eigenvalue weighted by Gasteiger charge is -2.02. The lowest BCUT2D eigenvalue weighted by molar-refractivity contribution is 0.814. The van der Waals surface area contributed by atoms with Crippen LogP contribution in [0.4, 0.5) is 0 Å². The maximum atomic E-state index is 5.70. The lowest BCUT2D eigenvalue weighted by atomic mass is 10.1. The van der Waals surface area contributed by atoms with Crippen molar-refractivity contribution in [3.05, 3.63) is 24.0 Å². The molecule has 0 aromatic carbocycles. The Labute approximate surface area is 69.8 Å². The Morgan fingerprint density at radius 2 is 2.33 bits per heavy atom. The molecule has 4 nitrogen and oxygen atoms in total. The van der Waals surface area contributed by atoms with Gasteiger partial charge < -0.3 is 5.73 Å². The van der Waals surface area contributed by atoms with Gasteiger partial charge in [-0.1, -0.05) is 0 Å². The maximum Gasteiger partial charge on any atom is 0.155 e. The Kier molecular flexibility index (Phi) is 1.55. The smallest absolute Gasteiger partial charge is 0.155 e. The molecular formula is C8H10N4. The van der Waals surface area contributed by atoms with Crippen LogP contribution in [-0.2, 0) is 0 Å². The Balaban J connectivity index is 2.60. The normalized spacial score (nSPS) is 13.5. The number of hydrogen-bond acceptors (Lipinski definition) is 3. The molecule has 1 atom stereocenters. The average molecular weight is 162 g/mol. The van der Waals surface area contributed by atoms with Crippen molar-refractivity contribution in [2.24, 2.45) is 5.73 Å². The highest BCUT2D eigenvalue weighted by Crippen LogP contribution is 2.13. The first-order chi connectivity index (χ1) is 5.77. The van der Waals surface area contributed by atoms with Crippen molar-refractivity contribution in [2.75, 3.05) is 0 Å². The zero-order valence-electron chi connectivity index (χ0n) is 6.78. The summed E-state index contributed by atoms with van der Waals surface area (Å²) in [5.74, 6) is 0. The van der Waals surface area contributed by atoms with Gasteiger partial charge in [0.1, 0.15) is 0 Å². The molecule has 0 aliphatic carbocycles. The van der Waals surface area contributed by atoms with Gasteiger partial charge in [-0.15, -0.1) is 0 Å². The average Bonchev–Trinajstić information content (AvgIpc) is 2.49. The fourth-order valence-corrected chi connectivity index (χ4v) is 1.10. The molecule has 0 bridgehead atoms. The van der Waals surface area contributed by atoms with E-state index in [1.807, 2.05) is 13.0 Å². The summed E-state index contributed by atoms with van der Waals surface area (Å²) < 4.78 is 0. The van der Waals surface area contributed by atoms with E-state index < -0.39 is 0 Å². The molecule has 0 spiro atoms. The zero-order chi connectivity index (χ0) is 8.55. The van der Waals surface area contributed by atoms with Gasteiger partial charge in [-0.25, -0.2) is 4.98 Å². The summed E-state index contributed by atoms with van der Waals surface area (Å²) >= 11 is 0. The Hall–Kier alpha value is -1.42. The van der Waals surface area contributed by atoms with Crippen molar-refractivity contribution in [1.82, 2.24) is 15.2 Å². The lowest BCUT2D eigenvalue weighted by Crippen LogP contribution is -2.04. The predicted molar refractivity (Wildman–Crippen MR) is 46.5 cm³/mol. The molecule has 0 amide bonds. The van der Waals surface area contributed by atoms with Crippen LogP contribution < -0.4 is 5.73 Å². The van der Waals surface area contributed by atoms with Crippen molar-refractivity contribution in [1.29, 1.82) is 0 Å². The van der Waals surface area contributed by atoms with Gasteiger partial charge in [-0.2, -0.15) is 5.10 Å². The maximum absolute atomic E-state index is 5.70. The van der Waals surface area contributed by atoms with Crippen LogP contribution in [0.5, 0.6) is 0 Å². The molecular weight excluding hydrogens is 152 g/mol. The molecule has 0 saturated carbocycles. The third kappa shape index (κ3) is 1.06. The van der Waals surface area contributed by atoms with Crippen molar-refractivity contribution in [3.8, 4) is 0 Å². The fraction of sp³-hybridized carbons (Fsp3) is 0.250. The van der Waals surface area contributed by atoms with E-state index in [4.69, 9.17) is 5.73 Å². The third-order valence-electron chi connectivity index (χ3n) is 1.84. The van der Waals surface area contributed by atoms with Gasteiger partial charge in [0.05, 0.1) is 6.20 Å². The van der Waals surface area contributed by atoms with E-state index in [0.717, 1.165) is 16.6 Å². The largest absolute Gasteiger partial charge is 0.324 e. The first-order valence-electron chi connectivity index (χ1n) is 3.82. The van der Waals surface area contributed by atoms with Gasteiger partial charge >= 0.3 is 0 Å². The van der Waals surface area contributed by atoms with Gasteiger partial charge in [0.25, 0.3) is 0 Å². The van der Waals surface area contributed by atoms with Gasteiger partial charge in [-0.3, -0.25) is 5.10 Å². The SMILES string of the molecule is C[C@@H](N)c1cnc2[nH]ncc2c1. The van der Waals surface area contributed by atoms with E-state index in [1.165, 1.54) is 0 Å². The number of hydrogen-bond donors (Lipinski definition) is 2. The van der Waals surface area contributed by atoms with Crippen molar-refractivity contribution in [2.45, 2.75) is 13.0 Å². The highest BCUT2D eigenvalue weighted by molar-refractivity contribution is 5.74. The van der Waals surface area contributed by atoms with Gasteiger partial charge in [0, 0.05) is 17.6 Å². The Morgan fingerprint density at radius 1 is 1.50 bits per heavy atom. The van der Waals surface area contributed by atoms with E-state index in [0.29, 0.717) is 0 Å². The molecule has 2 rings (SSSR count). The number of rotatable bonds is 1. The van der Waals surface area contributed by atoms with E-state index in [2.05, 4.69) is 15.2 Å². The second-order valence-electron chi connectivity index (χ2n) is 2.87. The number of nitrogens with one attached hydrogen (secondary N) is 1. The van der Waals surface area contributed by atoms with Crippen LogP contribution >= 0.6 is 0 Å². The fourth-order valence-electron chi connectivity index (χ4n) is 1.10. The number of nitrogens with two attached hydrogens (primary N) is 1. The minimum absolute atomic E-state index is 0.0248.